The van der Waals surface area contributed by atoms with Gasteiger partial charge >= 0.3 is 0 Å². The second-order valence-electron chi connectivity index (χ2n) is 10.1. The number of piperidine rings is 1. The van der Waals surface area contributed by atoms with Crippen molar-refractivity contribution >= 4 is 33.7 Å². The van der Waals surface area contributed by atoms with Gasteiger partial charge in [0.25, 0.3) is 0 Å². The zero-order valence-electron chi connectivity index (χ0n) is 20.2. The molecule has 2 fully saturated rings. The highest BCUT2D eigenvalue weighted by atomic mass is 35.5. The Hall–Kier alpha value is -3.49. The van der Waals surface area contributed by atoms with E-state index in [-0.39, 0.29) is 0 Å². The highest BCUT2D eigenvalue weighted by Crippen LogP contribution is 2.50. The number of aromatic amines is 1. The number of hydrogen-bond acceptors (Lipinski definition) is 6. The number of imidazole rings is 1. The minimum atomic E-state index is 0.391. The number of aryl methyl sites for hydroxylation is 1. The third-order valence-corrected chi connectivity index (χ3v) is 8.10. The maximum Gasteiger partial charge on any atom is 0.148 e. The van der Waals surface area contributed by atoms with Gasteiger partial charge in [0.2, 0.25) is 0 Å². The summed E-state index contributed by atoms with van der Waals surface area (Å²) in [5, 5.41) is 5.13. The van der Waals surface area contributed by atoms with Gasteiger partial charge in [-0.1, -0.05) is 11.6 Å². The zero-order chi connectivity index (χ0) is 24.4. The van der Waals surface area contributed by atoms with E-state index in [1.165, 1.54) is 12.8 Å². The fourth-order valence-electron chi connectivity index (χ4n) is 5.45. The number of hydrogen-bond donors (Lipinski definition) is 1. The van der Waals surface area contributed by atoms with Crippen molar-refractivity contribution < 1.29 is 4.74 Å². The van der Waals surface area contributed by atoms with Gasteiger partial charge in [0.05, 0.1) is 40.7 Å². The molecule has 7 rings (SSSR count). The SMILES string of the molecule is Cc1nc2ccc(Oc3ccc4ncc(-c5cnn(C6CCN(C)C7(CC7)C6)c5)nc4c3Cl)cc2[nH]1. The monoisotopic (exact) mass is 499 g/mol. The molecule has 2 aromatic carbocycles. The van der Waals surface area contributed by atoms with E-state index in [2.05, 4.69) is 37.8 Å². The molecule has 3 aromatic heterocycles. The fourth-order valence-corrected chi connectivity index (χ4v) is 5.69. The van der Waals surface area contributed by atoms with E-state index in [4.69, 9.17) is 26.4 Å². The van der Waals surface area contributed by atoms with Crippen LogP contribution < -0.4 is 4.74 Å². The molecule has 1 atom stereocenters. The molecule has 5 aromatic rings. The number of nitrogens with zero attached hydrogens (tertiary/aromatic N) is 6. The second-order valence-corrected chi connectivity index (χ2v) is 10.5. The summed E-state index contributed by atoms with van der Waals surface area (Å²) >= 11 is 6.78. The van der Waals surface area contributed by atoms with Crippen LogP contribution in [0.4, 0.5) is 0 Å². The molecular weight excluding hydrogens is 474 g/mol. The van der Waals surface area contributed by atoms with Crippen molar-refractivity contribution in [2.75, 3.05) is 13.6 Å². The van der Waals surface area contributed by atoms with Crippen molar-refractivity contribution in [1.82, 2.24) is 34.6 Å². The quantitative estimate of drug-likeness (QED) is 0.330. The van der Waals surface area contributed by atoms with Crippen LogP contribution in [0.25, 0.3) is 33.3 Å². The fraction of sp³-hybridized carbons (Fsp3) is 0.333. The Morgan fingerprint density at radius 1 is 1.11 bits per heavy atom. The predicted molar refractivity (Wildman–Crippen MR) is 140 cm³/mol. The number of nitrogens with one attached hydrogen (secondary N) is 1. The maximum atomic E-state index is 6.78. The molecule has 0 amide bonds. The number of halogens is 1. The molecule has 1 N–H and O–H groups in total. The van der Waals surface area contributed by atoms with Crippen LogP contribution in [0.15, 0.2) is 48.9 Å². The van der Waals surface area contributed by atoms with E-state index in [9.17, 15) is 0 Å². The molecule has 4 heterocycles. The van der Waals surface area contributed by atoms with Gasteiger partial charge in [0.1, 0.15) is 27.9 Å². The molecule has 1 aliphatic carbocycles. The largest absolute Gasteiger partial charge is 0.456 e. The number of likely N-dealkylation sites (tertiary alicyclic amines) is 1. The van der Waals surface area contributed by atoms with Crippen LogP contribution in [0.2, 0.25) is 5.02 Å². The molecule has 1 saturated heterocycles. The molecule has 182 valence electrons. The third kappa shape index (κ3) is 3.63. The first kappa shape index (κ1) is 21.8. The Kier molecular flexibility index (Phi) is 4.84. The zero-order valence-corrected chi connectivity index (χ0v) is 21.0. The molecule has 1 spiro atoms. The minimum absolute atomic E-state index is 0.391. The average molecular weight is 500 g/mol. The maximum absolute atomic E-state index is 6.78. The van der Waals surface area contributed by atoms with Crippen molar-refractivity contribution in [2.24, 2.45) is 0 Å². The summed E-state index contributed by atoms with van der Waals surface area (Å²) in [4.78, 5) is 19.7. The summed E-state index contributed by atoms with van der Waals surface area (Å²) in [6.07, 6.45) is 10.6. The van der Waals surface area contributed by atoms with Crippen LogP contribution >= 0.6 is 11.6 Å². The Balaban J connectivity index is 1.18. The summed E-state index contributed by atoms with van der Waals surface area (Å²) in [6.45, 7) is 3.04. The van der Waals surface area contributed by atoms with Crippen LogP contribution in [-0.4, -0.2) is 53.7 Å². The van der Waals surface area contributed by atoms with Crippen LogP contribution in [0.3, 0.4) is 0 Å². The van der Waals surface area contributed by atoms with Crippen LogP contribution in [0.1, 0.15) is 37.5 Å². The van der Waals surface area contributed by atoms with Gasteiger partial charge < -0.3 is 14.6 Å². The molecule has 8 nitrogen and oxygen atoms in total. The van der Waals surface area contributed by atoms with E-state index in [1.807, 2.05) is 43.5 Å². The minimum Gasteiger partial charge on any atom is -0.456 e. The van der Waals surface area contributed by atoms with E-state index >= 15 is 0 Å². The van der Waals surface area contributed by atoms with Crippen LogP contribution in [0.5, 0.6) is 11.5 Å². The lowest BCUT2D eigenvalue weighted by Gasteiger charge is -2.37. The molecule has 1 saturated carbocycles. The molecule has 2 aliphatic rings. The first-order valence-corrected chi connectivity index (χ1v) is 12.7. The molecule has 9 heteroatoms. The number of H-pyrrole nitrogens is 1. The van der Waals surface area contributed by atoms with Crippen LogP contribution in [0, 0.1) is 6.92 Å². The topological polar surface area (TPSA) is 84.8 Å². The van der Waals surface area contributed by atoms with Crippen molar-refractivity contribution in [3.8, 4) is 22.8 Å². The first-order chi connectivity index (χ1) is 17.5. The van der Waals surface area contributed by atoms with Crippen molar-refractivity contribution in [1.29, 1.82) is 0 Å². The highest BCUT2D eigenvalue weighted by molar-refractivity contribution is 6.36. The van der Waals surface area contributed by atoms with Crippen molar-refractivity contribution in [3.05, 3.63) is 59.8 Å². The average Bonchev–Trinajstić information content (AvgIpc) is 3.30. The first-order valence-electron chi connectivity index (χ1n) is 12.3. The highest BCUT2D eigenvalue weighted by Gasteiger charge is 2.50. The van der Waals surface area contributed by atoms with Gasteiger partial charge in [-0.05, 0) is 63.9 Å². The summed E-state index contributed by atoms with van der Waals surface area (Å²) in [7, 11) is 2.25. The summed E-state index contributed by atoms with van der Waals surface area (Å²) in [5.41, 5.74) is 5.21. The molecule has 0 bridgehead atoms. The van der Waals surface area contributed by atoms with Crippen LogP contribution in [-0.2, 0) is 0 Å². The van der Waals surface area contributed by atoms with Gasteiger partial charge in [-0.2, -0.15) is 5.10 Å². The Morgan fingerprint density at radius 2 is 1.97 bits per heavy atom. The lowest BCUT2D eigenvalue weighted by atomic mass is 9.96. The summed E-state index contributed by atoms with van der Waals surface area (Å²) < 4.78 is 8.24. The molecule has 0 radical (unpaired) electrons. The lowest BCUT2D eigenvalue weighted by molar-refractivity contribution is 0.121. The molecule has 1 aliphatic heterocycles. The predicted octanol–water partition coefficient (Wildman–Crippen LogP) is 5.92. The van der Waals surface area contributed by atoms with Gasteiger partial charge in [-0.3, -0.25) is 9.67 Å². The Morgan fingerprint density at radius 3 is 2.83 bits per heavy atom. The molecule has 36 heavy (non-hydrogen) atoms. The Labute approximate surface area is 213 Å². The normalized spacial score (nSPS) is 19.4. The van der Waals surface area contributed by atoms with E-state index in [0.717, 1.165) is 47.5 Å². The summed E-state index contributed by atoms with van der Waals surface area (Å²) in [6, 6.07) is 9.85. The van der Waals surface area contributed by atoms with E-state index < -0.39 is 0 Å². The molecule has 1 unspecified atom stereocenters. The van der Waals surface area contributed by atoms with Gasteiger partial charge in [0.15, 0.2) is 0 Å². The van der Waals surface area contributed by atoms with Gasteiger partial charge in [-0.15, -0.1) is 0 Å². The lowest BCUT2D eigenvalue weighted by Crippen LogP contribution is -2.42. The molecular formula is C27H26ClN7O. The number of benzene rings is 2. The number of fused-ring (bicyclic) bond motifs is 2. The Bertz CT molecular complexity index is 1620. The number of ether oxygens (including phenoxy) is 1. The van der Waals surface area contributed by atoms with E-state index in [1.54, 1.807) is 6.20 Å². The second kappa shape index (κ2) is 8.01. The third-order valence-electron chi connectivity index (χ3n) is 7.74. The number of aromatic nitrogens is 6. The van der Waals surface area contributed by atoms with E-state index in [0.29, 0.717) is 39.1 Å². The van der Waals surface area contributed by atoms with Crippen molar-refractivity contribution in [3.63, 3.8) is 0 Å². The van der Waals surface area contributed by atoms with Crippen molar-refractivity contribution in [2.45, 2.75) is 44.2 Å². The standard InChI is InChI=1S/C27H26ClN7O/c1-16-31-20-4-3-19(11-22(20)32-16)36-24-6-5-21-26(25(24)28)33-23(14-29-21)17-13-30-35(15-17)18-7-10-34(2)27(12-18)8-9-27/h3-6,11,13-15,18H,7-10,12H2,1-2H3,(H,31,32). The number of rotatable bonds is 4. The van der Waals surface area contributed by atoms with Gasteiger partial charge in [-0.25, -0.2) is 9.97 Å². The van der Waals surface area contributed by atoms with Gasteiger partial charge in [0, 0.05) is 29.9 Å². The summed E-state index contributed by atoms with van der Waals surface area (Å²) in [5.74, 6) is 2.06. The smallest absolute Gasteiger partial charge is 0.148 e.